The average Bonchev–Trinajstić information content (AvgIpc) is 2.48. The molecule has 0 amide bonds. The average molecular weight is 368 g/mol. The van der Waals surface area contributed by atoms with Gasteiger partial charge in [-0.25, -0.2) is 0 Å². The van der Waals surface area contributed by atoms with Crippen LogP contribution < -0.4 is 5.32 Å². The predicted octanol–water partition coefficient (Wildman–Crippen LogP) is 5.52. The Kier molecular flexibility index (Phi) is 5.91. The van der Waals surface area contributed by atoms with Gasteiger partial charge in [0.15, 0.2) is 0 Å². The summed E-state index contributed by atoms with van der Waals surface area (Å²) in [6.45, 7) is 0.871. The fourth-order valence-electron chi connectivity index (χ4n) is 4.59. The molecule has 3 aliphatic carbocycles. The molecule has 6 heteroatoms. The highest BCUT2D eigenvalue weighted by Crippen LogP contribution is 2.53. The molecule has 1 N–H and O–H groups in total. The van der Waals surface area contributed by atoms with E-state index < -0.39 is 11.7 Å². The van der Waals surface area contributed by atoms with Crippen LogP contribution in [0, 0.1) is 17.8 Å². The van der Waals surface area contributed by atoms with E-state index in [0.29, 0.717) is 17.8 Å². The van der Waals surface area contributed by atoms with Crippen LogP contribution in [0.3, 0.4) is 0 Å². The lowest BCUT2D eigenvalue weighted by atomic mass is 9.57. The summed E-state index contributed by atoms with van der Waals surface area (Å²) in [5.41, 5.74) is 0.114. The summed E-state index contributed by atoms with van der Waals surface area (Å²) < 4.78 is 39.4. The Morgan fingerprint density at radius 3 is 2.30 bits per heavy atom. The van der Waals surface area contributed by atoms with Crippen molar-refractivity contribution in [2.75, 3.05) is 13.6 Å². The molecule has 0 radical (unpaired) electrons. The van der Waals surface area contributed by atoms with Crippen LogP contribution in [0.4, 0.5) is 13.2 Å². The fraction of sp³-hybridized carbons (Fsp3) is 0.647. The Labute approximate surface area is 146 Å². The Morgan fingerprint density at radius 1 is 1.13 bits per heavy atom. The van der Waals surface area contributed by atoms with Gasteiger partial charge in [-0.05, 0) is 80.6 Å². The monoisotopic (exact) mass is 367 g/mol. The Balaban J connectivity index is 0.00000192. The number of nitrogens with one attached hydrogen (secondary N) is 1. The third kappa shape index (κ3) is 3.64. The van der Waals surface area contributed by atoms with E-state index >= 15 is 0 Å². The minimum atomic E-state index is -4.39. The van der Waals surface area contributed by atoms with Crippen molar-refractivity contribution in [1.82, 2.24) is 5.32 Å². The standard InChI is InChI=1S/C17H21ClF3N.ClH/c1-22-9-13-10-2-4-11(5-3-10)16(13)12-6-7-15(18)14(8-12)17(19,20)21;/h6-8,10-11,13,16,22H,2-5,9H2,1H3;1H/t10?,11?,13-,16-;/m1./s1. The predicted molar refractivity (Wildman–Crippen MR) is 89.3 cm³/mol. The maximum Gasteiger partial charge on any atom is 0.417 e. The van der Waals surface area contributed by atoms with Crippen LogP contribution in [0.1, 0.15) is 42.7 Å². The Morgan fingerprint density at radius 2 is 1.74 bits per heavy atom. The van der Waals surface area contributed by atoms with E-state index in [1.807, 2.05) is 7.05 Å². The van der Waals surface area contributed by atoms with Crippen LogP contribution in [0.25, 0.3) is 0 Å². The number of fused-ring (bicyclic) bond motifs is 3. The molecule has 2 atom stereocenters. The van der Waals surface area contributed by atoms with Gasteiger partial charge in [0.2, 0.25) is 0 Å². The molecule has 0 aliphatic heterocycles. The lowest BCUT2D eigenvalue weighted by molar-refractivity contribution is -0.137. The summed E-state index contributed by atoms with van der Waals surface area (Å²) in [6, 6.07) is 4.50. The lowest BCUT2D eigenvalue weighted by Crippen LogP contribution is -2.42. The highest BCUT2D eigenvalue weighted by molar-refractivity contribution is 6.31. The number of hydrogen-bond acceptors (Lipinski definition) is 1. The maximum absolute atomic E-state index is 13.1. The molecule has 1 aromatic carbocycles. The first-order chi connectivity index (χ1) is 10.4. The zero-order valence-electron chi connectivity index (χ0n) is 13.0. The van der Waals surface area contributed by atoms with Gasteiger partial charge in [0, 0.05) is 0 Å². The molecule has 1 aromatic rings. The normalized spacial score (nSPS) is 30.1. The molecule has 3 aliphatic rings. The van der Waals surface area contributed by atoms with Crippen LogP contribution >= 0.6 is 24.0 Å². The second-order valence-corrected chi connectivity index (χ2v) is 7.07. The van der Waals surface area contributed by atoms with Crippen molar-refractivity contribution in [3.8, 4) is 0 Å². The Bertz CT molecular complexity index is 539. The molecule has 0 unspecified atom stereocenters. The first kappa shape index (κ1) is 18.9. The molecule has 4 rings (SSSR count). The molecule has 23 heavy (non-hydrogen) atoms. The van der Waals surface area contributed by atoms with Crippen LogP contribution in [0.5, 0.6) is 0 Å². The number of hydrogen-bond donors (Lipinski definition) is 1. The van der Waals surface area contributed by atoms with Crippen LogP contribution in [0.2, 0.25) is 5.02 Å². The highest BCUT2D eigenvalue weighted by Gasteiger charge is 2.44. The molecule has 3 fully saturated rings. The SMILES string of the molecule is CNC[C@@H]1C2CCC(CC2)[C@@H]1c1ccc(Cl)c(C(F)(F)F)c1.Cl. The first-order valence-corrected chi connectivity index (χ1v) is 8.31. The third-order valence-electron chi connectivity index (χ3n) is 5.51. The van der Waals surface area contributed by atoms with Crippen LogP contribution in [-0.2, 0) is 6.18 Å². The molecule has 3 saturated carbocycles. The van der Waals surface area contributed by atoms with Crippen molar-refractivity contribution in [2.45, 2.75) is 37.8 Å². The second kappa shape index (κ2) is 7.20. The quantitative estimate of drug-likeness (QED) is 0.741. The van der Waals surface area contributed by atoms with Gasteiger partial charge in [-0.15, -0.1) is 12.4 Å². The first-order valence-electron chi connectivity index (χ1n) is 7.93. The minimum absolute atomic E-state index is 0. The molecule has 0 saturated heterocycles. The zero-order chi connectivity index (χ0) is 15.9. The van der Waals surface area contributed by atoms with Gasteiger partial charge in [-0.2, -0.15) is 13.2 Å². The summed E-state index contributed by atoms with van der Waals surface area (Å²) in [4.78, 5) is 0. The van der Waals surface area contributed by atoms with E-state index in [-0.39, 0.29) is 23.3 Å². The van der Waals surface area contributed by atoms with Crippen LogP contribution in [0.15, 0.2) is 18.2 Å². The van der Waals surface area contributed by atoms with Gasteiger partial charge >= 0.3 is 6.18 Å². The topological polar surface area (TPSA) is 12.0 Å². The van der Waals surface area contributed by atoms with Crippen molar-refractivity contribution in [3.63, 3.8) is 0 Å². The fourth-order valence-corrected chi connectivity index (χ4v) is 4.82. The van der Waals surface area contributed by atoms with Gasteiger partial charge in [-0.3, -0.25) is 0 Å². The molecule has 0 heterocycles. The van der Waals surface area contributed by atoms with E-state index in [1.54, 1.807) is 6.07 Å². The molecule has 2 bridgehead atoms. The summed E-state index contributed by atoms with van der Waals surface area (Å²) in [5, 5.41) is 3.02. The van der Waals surface area contributed by atoms with E-state index in [1.165, 1.54) is 25.0 Å². The summed E-state index contributed by atoms with van der Waals surface area (Å²) in [5.74, 6) is 1.79. The lowest BCUT2D eigenvalue weighted by Gasteiger charge is -2.49. The van der Waals surface area contributed by atoms with Crippen molar-refractivity contribution < 1.29 is 13.2 Å². The summed E-state index contributed by atoms with van der Waals surface area (Å²) >= 11 is 5.76. The molecule has 0 spiro atoms. The molecular weight excluding hydrogens is 346 g/mol. The van der Waals surface area contributed by atoms with E-state index in [0.717, 1.165) is 24.9 Å². The van der Waals surface area contributed by atoms with Crippen LogP contribution in [-0.4, -0.2) is 13.6 Å². The Hall–Kier alpha value is -0.450. The number of alkyl halides is 3. The number of benzene rings is 1. The van der Waals surface area contributed by atoms with Gasteiger partial charge in [0.05, 0.1) is 10.6 Å². The molecular formula is C17H22Cl2F3N. The van der Waals surface area contributed by atoms with Crippen molar-refractivity contribution in [3.05, 3.63) is 34.3 Å². The van der Waals surface area contributed by atoms with Gasteiger partial charge in [0.1, 0.15) is 0 Å². The van der Waals surface area contributed by atoms with Gasteiger partial charge < -0.3 is 5.32 Å². The smallest absolute Gasteiger partial charge is 0.319 e. The minimum Gasteiger partial charge on any atom is -0.319 e. The van der Waals surface area contributed by atoms with E-state index in [2.05, 4.69) is 5.32 Å². The summed E-state index contributed by atoms with van der Waals surface area (Å²) in [7, 11) is 1.92. The molecule has 0 aromatic heterocycles. The third-order valence-corrected chi connectivity index (χ3v) is 5.84. The zero-order valence-corrected chi connectivity index (χ0v) is 14.6. The van der Waals surface area contributed by atoms with Crippen molar-refractivity contribution >= 4 is 24.0 Å². The largest absolute Gasteiger partial charge is 0.417 e. The van der Waals surface area contributed by atoms with E-state index in [9.17, 15) is 13.2 Å². The number of halogens is 5. The molecule has 1 nitrogen and oxygen atoms in total. The van der Waals surface area contributed by atoms with Crippen molar-refractivity contribution in [1.29, 1.82) is 0 Å². The maximum atomic E-state index is 13.1. The van der Waals surface area contributed by atoms with Crippen molar-refractivity contribution in [2.24, 2.45) is 17.8 Å². The van der Waals surface area contributed by atoms with E-state index in [4.69, 9.17) is 11.6 Å². The number of rotatable bonds is 3. The summed E-state index contributed by atoms with van der Waals surface area (Å²) in [6.07, 6.45) is 0.318. The second-order valence-electron chi connectivity index (χ2n) is 6.66. The van der Waals surface area contributed by atoms with Gasteiger partial charge in [-0.1, -0.05) is 17.7 Å². The van der Waals surface area contributed by atoms with Gasteiger partial charge in [0.25, 0.3) is 0 Å². The molecule has 130 valence electrons. The highest BCUT2D eigenvalue weighted by atomic mass is 35.5.